The molecule has 10 heteroatoms. The molecule has 0 saturated carbocycles. The van der Waals surface area contributed by atoms with E-state index in [2.05, 4.69) is 15.6 Å². The lowest BCUT2D eigenvalue weighted by molar-refractivity contribution is 0.0712. The average molecular weight is 369 g/mol. The summed E-state index contributed by atoms with van der Waals surface area (Å²) in [5.74, 6) is 0.568. The molecular formula is C13H28N2O6SSi. The number of carbonyl (C=O) groups excluding carboxylic acids is 2. The Bertz CT molecular complexity index is 331. The van der Waals surface area contributed by atoms with E-state index in [4.69, 9.17) is 13.3 Å². The molecule has 0 spiro atoms. The maximum Gasteiger partial charge on any atom is 0.500 e. The summed E-state index contributed by atoms with van der Waals surface area (Å²) in [6.07, 6.45) is 0.0286. The summed E-state index contributed by atoms with van der Waals surface area (Å²) in [5.41, 5.74) is 4.41. The van der Waals surface area contributed by atoms with E-state index in [-0.39, 0.29) is 11.8 Å². The van der Waals surface area contributed by atoms with Crippen molar-refractivity contribution in [3.8, 4) is 0 Å². The molecule has 0 unspecified atom stereocenters. The zero-order chi connectivity index (χ0) is 17.6. The number of hydrazine groups is 1. The van der Waals surface area contributed by atoms with Gasteiger partial charge in [-0.3, -0.25) is 10.2 Å². The number of carbonyl (C=O) groups is 2. The Morgan fingerprint density at radius 1 is 0.913 bits per heavy atom. The molecule has 0 bridgehead atoms. The molecule has 23 heavy (non-hydrogen) atoms. The summed E-state index contributed by atoms with van der Waals surface area (Å²) in [7, 11) is -2.65. The molecule has 0 heterocycles. The minimum absolute atomic E-state index is 0.244. The Morgan fingerprint density at radius 2 is 1.48 bits per heavy atom. The standard InChI is InChI=1S/C13H28N2O6SSi/c1-5-18-12(16)14-15-13(17)22-10-9-11-23(19-6-2,20-7-3)21-8-4/h5-11H2,1-4H3,(H,14,16)(H,15,17). The first-order chi connectivity index (χ1) is 11.0. The van der Waals surface area contributed by atoms with Crippen LogP contribution < -0.4 is 10.9 Å². The van der Waals surface area contributed by atoms with E-state index >= 15 is 0 Å². The Balaban J connectivity index is 4.08. The molecule has 0 aromatic carbocycles. The van der Waals surface area contributed by atoms with Crippen molar-refractivity contribution in [2.75, 3.05) is 32.2 Å². The lowest BCUT2D eigenvalue weighted by Crippen LogP contribution is -2.46. The predicted octanol–water partition coefficient (Wildman–Crippen LogP) is 2.53. The maximum absolute atomic E-state index is 11.6. The Morgan fingerprint density at radius 3 is 1.96 bits per heavy atom. The van der Waals surface area contributed by atoms with Gasteiger partial charge in [0.2, 0.25) is 0 Å². The summed E-state index contributed by atoms with van der Waals surface area (Å²) in [6, 6.07) is 0.647. The molecule has 136 valence electrons. The molecule has 0 aliphatic rings. The van der Waals surface area contributed by atoms with Crippen molar-refractivity contribution in [2.24, 2.45) is 0 Å². The van der Waals surface area contributed by atoms with Gasteiger partial charge in [0, 0.05) is 31.6 Å². The number of ether oxygens (including phenoxy) is 1. The van der Waals surface area contributed by atoms with Crippen LogP contribution in [-0.2, 0) is 18.0 Å². The number of amides is 2. The SMILES string of the molecule is CCOC(=O)NNC(=O)SCCC[Si](OCC)(OCC)OCC. The highest BCUT2D eigenvalue weighted by Gasteiger charge is 2.39. The van der Waals surface area contributed by atoms with Crippen molar-refractivity contribution in [1.29, 1.82) is 0 Å². The van der Waals surface area contributed by atoms with Gasteiger partial charge in [0.15, 0.2) is 0 Å². The summed E-state index contributed by atoms with van der Waals surface area (Å²) in [4.78, 5) is 22.6. The first-order valence-corrected chi connectivity index (χ1v) is 10.7. The smallest absolute Gasteiger partial charge is 0.449 e. The number of hydrogen-bond acceptors (Lipinski definition) is 7. The van der Waals surface area contributed by atoms with Gasteiger partial charge in [-0.15, -0.1) is 0 Å². The number of rotatable bonds is 11. The summed E-state index contributed by atoms with van der Waals surface area (Å²) in [6.45, 7) is 9.24. The van der Waals surface area contributed by atoms with Gasteiger partial charge < -0.3 is 18.0 Å². The largest absolute Gasteiger partial charge is 0.500 e. The Kier molecular flexibility index (Phi) is 13.1. The monoisotopic (exact) mass is 368 g/mol. The molecule has 0 aromatic rings. The van der Waals surface area contributed by atoms with E-state index in [1.807, 2.05) is 20.8 Å². The zero-order valence-corrected chi connectivity index (χ0v) is 16.1. The van der Waals surface area contributed by atoms with Crippen LogP contribution in [0.2, 0.25) is 6.04 Å². The van der Waals surface area contributed by atoms with E-state index < -0.39 is 14.9 Å². The van der Waals surface area contributed by atoms with Gasteiger partial charge in [-0.2, -0.15) is 0 Å². The van der Waals surface area contributed by atoms with Crippen molar-refractivity contribution in [3.05, 3.63) is 0 Å². The van der Waals surface area contributed by atoms with Crippen LogP contribution >= 0.6 is 11.8 Å². The van der Waals surface area contributed by atoms with Gasteiger partial charge in [0.05, 0.1) is 6.61 Å². The molecule has 8 nitrogen and oxygen atoms in total. The Labute approximate surface area is 143 Å². The molecule has 2 N–H and O–H groups in total. The number of nitrogens with one attached hydrogen (secondary N) is 2. The second kappa shape index (κ2) is 13.6. The first-order valence-electron chi connectivity index (χ1n) is 7.80. The molecule has 0 radical (unpaired) electrons. The van der Waals surface area contributed by atoms with E-state index in [1.165, 1.54) is 0 Å². The van der Waals surface area contributed by atoms with Gasteiger partial charge in [-0.05, 0) is 34.1 Å². The highest BCUT2D eigenvalue weighted by Crippen LogP contribution is 2.20. The van der Waals surface area contributed by atoms with Crippen LogP contribution in [0.3, 0.4) is 0 Å². The molecular weight excluding hydrogens is 340 g/mol. The molecule has 0 atom stereocenters. The second-order valence-corrected chi connectivity index (χ2v) is 7.99. The minimum atomic E-state index is -2.65. The predicted molar refractivity (Wildman–Crippen MR) is 91.2 cm³/mol. The second-order valence-electron chi connectivity index (χ2n) is 4.19. The fourth-order valence-electron chi connectivity index (χ4n) is 1.76. The normalized spacial score (nSPS) is 11.1. The molecule has 0 aromatic heterocycles. The lowest BCUT2D eigenvalue weighted by atomic mass is 10.6. The Hall–Kier alpha value is -0.813. The van der Waals surface area contributed by atoms with E-state index in [0.717, 1.165) is 11.8 Å². The third-order valence-corrected chi connectivity index (χ3v) is 6.50. The van der Waals surface area contributed by atoms with Crippen molar-refractivity contribution >= 4 is 31.9 Å². The molecule has 2 amide bonds. The molecule has 0 saturated heterocycles. The highest BCUT2D eigenvalue weighted by molar-refractivity contribution is 8.13. The summed E-state index contributed by atoms with van der Waals surface area (Å²) in [5, 5.41) is -0.352. The van der Waals surface area contributed by atoms with Crippen LogP contribution in [0.1, 0.15) is 34.1 Å². The average Bonchev–Trinajstić information content (AvgIpc) is 2.51. The number of thioether (sulfide) groups is 1. The van der Waals surface area contributed by atoms with Gasteiger partial charge in [0.25, 0.3) is 5.24 Å². The van der Waals surface area contributed by atoms with Gasteiger partial charge in [-0.1, -0.05) is 11.8 Å². The third-order valence-electron chi connectivity index (χ3n) is 2.50. The lowest BCUT2D eigenvalue weighted by Gasteiger charge is -2.28. The van der Waals surface area contributed by atoms with Crippen LogP contribution in [0.4, 0.5) is 9.59 Å². The van der Waals surface area contributed by atoms with Crippen LogP contribution in [0.5, 0.6) is 0 Å². The van der Waals surface area contributed by atoms with Crippen LogP contribution in [0, 0.1) is 0 Å². The van der Waals surface area contributed by atoms with E-state index in [9.17, 15) is 9.59 Å². The first kappa shape index (κ1) is 22.2. The minimum Gasteiger partial charge on any atom is -0.449 e. The maximum atomic E-state index is 11.6. The van der Waals surface area contributed by atoms with E-state index in [0.29, 0.717) is 38.0 Å². The topological polar surface area (TPSA) is 95.1 Å². The molecule has 0 fully saturated rings. The fraction of sp³-hybridized carbons (Fsp3) is 0.846. The van der Waals surface area contributed by atoms with Crippen LogP contribution in [0.25, 0.3) is 0 Å². The van der Waals surface area contributed by atoms with Crippen molar-refractivity contribution in [3.63, 3.8) is 0 Å². The van der Waals surface area contributed by atoms with Gasteiger partial charge in [0.1, 0.15) is 0 Å². The van der Waals surface area contributed by atoms with E-state index in [1.54, 1.807) is 6.92 Å². The molecule has 0 aliphatic heterocycles. The van der Waals surface area contributed by atoms with Crippen molar-refractivity contribution < 1.29 is 27.6 Å². The fourth-order valence-corrected chi connectivity index (χ4v) is 5.23. The van der Waals surface area contributed by atoms with Crippen molar-refractivity contribution in [1.82, 2.24) is 10.9 Å². The zero-order valence-electron chi connectivity index (χ0n) is 14.3. The quantitative estimate of drug-likeness (QED) is 0.329. The third kappa shape index (κ3) is 10.6. The summed E-state index contributed by atoms with van der Waals surface area (Å²) < 4.78 is 21.8. The molecule has 0 aliphatic carbocycles. The van der Waals surface area contributed by atoms with Crippen LogP contribution in [-0.4, -0.2) is 52.3 Å². The van der Waals surface area contributed by atoms with Crippen molar-refractivity contribution in [2.45, 2.75) is 40.2 Å². The summed E-state index contributed by atoms with van der Waals surface area (Å²) >= 11 is 1.07. The van der Waals surface area contributed by atoms with Crippen LogP contribution in [0.15, 0.2) is 0 Å². The number of hydrogen-bond donors (Lipinski definition) is 2. The van der Waals surface area contributed by atoms with Gasteiger partial charge >= 0.3 is 14.9 Å². The highest BCUT2D eigenvalue weighted by atomic mass is 32.2. The van der Waals surface area contributed by atoms with Gasteiger partial charge in [-0.25, -0.2) is 10.2 Å². The molecule has 0 rings (SSSR count).